The van der Waals surface area contributed by atoms with Crippen molar-refractivity contribution >= 4 is 28.3 Å². The molecule has 0 radical (unpaired) electrons. The van der Waals surface area contributed by atoms with Crippen molar-refractivity contribution in [3.63, 3.8) is 0 Å². The van der Waals surface area contributed by atoms with Crippen LogP contribution in [0.5, 0.6) is 0 Å². The van der Waals surface area contributed by atoms with Crippen molar-refractivity contribution in [2.75, 3.05) is 17.2 Å². The Balaban J connectivity index is 2.20. The van der Waals surface area contributed by atoms with E-state index in [1.807, 2.05) is 6.92 Å². The van der Waals surface area contributed by atoms with Gasteiger partial charge in [-0.25, -0.2) is 8.42 Å². The van der Waals surface area contributed by atoms with Crippen LogP contribution in [0, 0.1) is 6.08 Å². The van der Waals surface area contributed by atoms with E-state index in [1.54, 1.807) is 0 Å². The number of rotatable bonds is 5. The summed E-state index contributed by atoms with van der Waals surface area (Å²) < 4.78 is 34.7. The maximum atomic E-state index is 13.2. The third-order valence-electron chi connectivity index (χ3n) is 2.28. The largest absolute Gasteiger partial charge is 0.354 e. The van der Waals surface area contributed by atoms with Crippen LogP contribution in [0.4, 0.5) is 22.0 Å². The number of hydrogen-bond acceptors (Lipinski definition) is 7. The van der Waals surface area contributed by atoms with Gasteiger partial charge in [-0.3, -0.25) is 0 Å². The lowest BCUT2D eigenvalue weighted by Crippen LogP contribution is -2.08. The highest BCUT2D eigenvalue weighted by atomic mass is 32.2. The molecule has 0 saturated carbocycles. The van der Waals surface area contributed by atoms with Crippen molar-refractivity contribution in [1.29, 1.82) is 0 Å². The van der Waals surface area contributed by atoms with Gasteiger partial charge in [0, 0.05) is 12.2 Å². The standard InChI is InChI=1S/C11H12FN5O2S/c1-2-13-10-15-9(12)16-11(17-10)14-7-3-5-8(6-4-7)20(18)19/h3-6,20H,2H2,1H3,(H2,13,14,15,16,17). The van der Waals surface area contributed by atoms with E-state index in [-0.39, 0.29) is 16.8 Å². The number of halogens is 1. The van der Waals surface area contributed by atoms with Crippen LogP contribution in [-0.2, 0) is 10.7 Å². The van der Waals surface area contributed by atoms with Crippen molar-refractivity contribution in [2.45, 2.75) is 11.8 Å². The topological polar surface area (TPSA) is 96.9 Å². The number of thiol groups is 1. The fraction of sp³-hybridized carbons (Fsp3) is 0.182. The van der Waals surface area contributed by atoms with Crippen LogP contribution < -0.4 is 10.6 Å². The van der Waals surface area contributed by atoms with E-state index in [9.17, 15) is 12.8 Å². The Morgan fingerprint density at radius 2 is 1.75 bits per heavy atom. The SMILES string of the molecule is CCNc1nc(F)nc(Nc2ccc([SH](=O)=O)cc2)n1. The Labute approximate surface area is 116 Å². The molecule has 20 heavy (non-hydrogen) atoms. The summed E-state index contributed by atoms with van der Waals surface area (Å²) in [7, 11) is -2.62. The molecule has 0 aliphatic heterocycles. The number of nitrogens with zero attached hydrogens (tertiary/aromatic N) is 3. The third-order valence-corrected chi connectivity index (χ3v) is 3.00. The first kappa shape index (κ1) is 14.1. The summed E-state index contributed by atoms with van der Waals surface area (Å²) in [6.07, 6.45) is -0.905. The van der Waals surface area contributed by atoms with Gasteiger partial charge in [-0.2, -0.15) is 19.3 Å². The highest BCUT2D eigenvalue weighted by Gasteiger charge is 2.06. The minimum atomic E-state index is -2.62. The first-order valence-corrected chi connectivity index (χ1v) is 6.93. The van der Waals surface area contributed by atoms with Gasteiger partial charge in [-0.15, -0.1) is 0 Å². The highest BCUT2D eigenvalue weighted by molar-refractivity contribution is 7.72. The van der Waals surface area contributed by atoms with Gasteiger partial charge < -0.3 is 10.6 Å². The van der Waals surface area contributed by atoms with Gasteiger partial charge in [-0.1, -0.05) is 0 Å². The average Bonchev–Trinajstić information content (AvgIpc) is 2.39. The maximum Gasteiger partial charge on any atom is 0.315 e. The van der Waals surface area contributed by atoms with Crippen molar-refractivity contribution in [2.24, 2.45) is 0 Å². The maximum absolute atomic E-state index is 13.2. The molecular weight excluding hydrogens is 285 g/mol. The Hall–Kier alpha value is -2.29. The molecule has 9 heteroatoms. The molecule has 0 fully saturated rings. The normalized spacial score (nSPS) is 10.6. The molecule has 2 N–H and O–H groups in total. The molecular formula is C11H12FN5O2S. The van der Waals surface area contributed by atoms with E-state index in [0.29, 0.717) is 12.2 Å². The van der Waals surface area contributed by atoms with Gasteiger partial charge >= 0.3 is 6.08 Å². The Kier molecular flexibility index (Phi) is 4.41. The summed E-state index contributed by atoms with van der Waals surface area (Å²) in [5, 5.41) is 5.55. The van der Waals surface area contributed by atoms with E-state index in [2.05, 4.69) is 25.6 Å². The van der Waals surface area contributed by atoms with Crippen molar-refractivity contribution in [3.05, 3.63) is 30.3 Å². The van der Waals surface area contributed by atoms with E-state index in [0.717, 1.165) is 0 Å². The number of anilines is 3. The van der Waals surface area contributed by atoms with Crippen LogP contribution in [-0.4, -0.2) is 29.9 Å². The second kappa shape index (κ2) is 6.24. The molecule has 0 saturated heterocycles. The van der Waals surface area contributed by atoms with Gasteiger partial charge in [0.25, 0.3) is 0 Å². The Morgan fingerprint density at radius 1 is 1.10 bits per heavy atom. The number of benzene rings is 1. The van der Waals surface area contributed by atoms with Gasteiger partial charge in [0.05, 0.1) is 4.90 Å². The van der Waals surface area contributed by atoms with Gasteiger partial charge in [0.1, 0.15) is 0 Å². The Bertz CT molecular complexity index is 667. The average molecular weight is 297 g/mol. The van der Waals surface area contributed by atoms with Gasteiger partial charge in [0.2, 0.25) is 11.9 Å². The van der Waals surface area contributed by atoms with Crippen LogP contribution in [0.3, 0.4) is 0 Å². The molecule has 106 valence electrons. The second-order valence-electron chi connectivity index (χ2n) is 3.71. The van der Waals surface area contributed by atoms with E-state index >= 15 is 0 Å². The molecule has 0 amide bonds. The molecule has 0 atom stereocenters. The molecule has 1 aromatic heterocycles. The molecule has 2 aromatic rings. The highest BCUT2D eigenvalue weighted by Crippen LogP contribution is 2.15. The van der Waals surface area contributed by atoms with Crippen LogP contribution in [0.1, 0.15) is 6.92 Å². The molecule has 0 aliphatic rings. The fourth-order valence-corrected chi connectivity index (χ4v) is 1.83. The molecule has 1 heterocycles. The number of nitrogens with one attached hydrogen (secondary N) is 2. The summed E-state index contributed by atoms with van der Waals surface area (Å²) in [5.41, 5.74) is 0.540. The predicted octanol–water partition coefficient (Wildman–Crippen LogP) is 1.16. The first-order chi connectivity index (χ1) is 9.58. The summed E-state index contributed by atoms with van der Waals surface area (Å²) in [6, 6.07) is 5.93. The monoisotopic (exact) mass is 297 g/mol. The van der Waals surface area contributed by atoms with E-state index in [4.69, 9.17) is 0 Å². The van der Waals surface area contributed by atoms with Gasteiger partial charge in [-0.05, 0) is 31.2 Å². The van der Waals surface area contributed by atoms with Crippen LogP contribution in [0.2, 0.25) is 0 Å². The van der Waals surface area contributed by atoms with Gasteiger partial charge in [0.15, 0.2) is 10.7 Å². The lowest BCUT2D eigenvalue weighted by Gasteiger charge is -2.06. The molecule has 1 aromatic carbocycles. The molecule has 0 bridgehead atoms. The quantitative estimate of drug-likeness (QED) is 0.712. The summed E-state index contributed by atoms with van der Waals surface area (Å²) in [5.74, 6) is 0.162. The number of aromatic nitrogens is 3. The fourth-order valence-electron chi connectivity index (χ4n) is 1.44. The van der Waals surface area contributed by atoms with Crippen molar-refractivity contribution in [3.8, 4) is 0 Å². The summed E-state index contributed by atoms with van der Waals surface area (Å²) in [6.45, 7) is 2.38. The van der Waals surface area contributed by atoms with Crippen LogP contribution >= 0.6 is 0 Å². The molecule has 2 rings (SSSR count). The summed E-state index contributed by atoms with van der Waals surface area (Å²) >= 11 is 0. The zero-order chi connectivity index (χ0) is 14.5. The molecule has 7 nitrogen and oxygen atoms in total. The first-order valence-electron chi connectivity index (χ1n) is 5.75. The van der Waals surface area contributed by atoms with Crippen LogP contribution in [0.25, 0.3) is 0 Å². The third kappa shape index (κ3) is 3.60. The molecule has 0 spiro atoms. The lowest BCUT2D eigenvalue weighted by atomic mass is 10.3. The smallest absolute Gasteiger partial charge is 0.315 e. The minimum Gasteiger partial charge on any atom is -0.354 e. The molecule has 0 aliphatic carbocycles. The minimum absolute atomic E-state index is 0.0349. The lowest BCUT2D eigenvalue weighted by molar-refractivity contribution is 0.537. The van der Waals surface area contributed by atoms with Crippen molar-refractivity contribution in [1.82, 2.24) is 15.0 Å². The predicted molar refractivity (Wildman–Crippen MR) is 72.3 cm³/mol. The van der Waals surface area contributed by atoms with E-state index in [1.165, 1.54) is 24.3 Å². The molecule has 0 unspecified atom stereocenters. The van der Waals surface area contributed by atoms with Crippen molar-refractivity contribution < 1.29 is 12.8 Å². The van der Waals surface area contributed by atoms with Crippen LogP contribution in [0.15, 0.2) is 29.2 Å². The Morgan fingerprint density at radius 3 is 2.35 bits per heavy atom. The van der Waals surface area contributed by atoms with E-state index < -0.39 is 16.8 Å². The second-order valence-corrected chi connectivity index (χ2v) is 4.74. The summed E-state index contributed by atoms with van der Waals surface area (Å²) in [4.78, 5) is 11.2. The number of hydrogen-bond donors (Lipinski definition) is 3. The zero-order valence-electron chi connectivity index (χ0n) is 10.5. The zero-order valence-corrected chi connectivity index (χ0v) is 11.4.